The molecule has 0 radical (unpaired) electrons. The van der Waals surface area contributed by atoms with E-state index in [1.54, 1.807) is 24.3 Å². The van der Waals surface area contributed by atoms with Crippen molar-refractivity contribution in [1.29, 1.82) is 0 Å². The second-order valence-electron chi connectivity index (χ2n) is 7.69. The number of primary amides is 1. The fourth-order valence-electron chi connectivity index (χ4n) is 2.96. The molecule has 0 bridgehead atoms. The van der Waals surface area contributed by atoms with Crippen LogP contribution in [0.15, 0.2) is 85.0 Å². The van der Waals surface area contributed by atoms with Gasteiger partial charge >= 0.3 is 0 Å². The van der Waals surface area contributed by atoms with Gasteiger partial charge in [0.2, 0.25) is 11.8 Å². The Bertz CT molecular complexity index is 1040. The number of benzene rings is 2. The molecule has 2 aromatic rings. The lowest BCUT2D eigenvalue weighted by molar-refractivity contribution is -0.115. The molecule has 7 heteroatoms. The van der Waals surface area contributed by atoms with Crippen molar-refractivity contribution in [2.45, 2.75) is 13.0 Å². The second kappa shape index (κ2) is 12.8. The summed E-state index contributed by atoms with van der Waals surface area (Å²) in [5.74, 6) is -1.01. The number of amides is 3. The van der Waals surface area contributed by atoms with E-state index in [1.807, 2.05) is 38.4 Å². The number of hydrogen-bond donors (Lipinski definition) is 3. The van der Waals surface area contributed by atoms with E-state index >= 15 is 0 Å². The van der Waals surface area contributed by atoms with Gasteiger partial charge in [-0.05, 0) is 61.6 Å². The van der Waals surface area contributed by atoms with E-state index in [1.165, 1.54) is 24.3 Å². The Hall–Kier alpha value is -3.97. The molecule has 2 rings (SSSR count). The normalized spacial score (nSPS) is 11.4. The molecule has 0 saturated carbocycles. The Labute approximate surface area is 194 Å². The number of carbonyl (C=O) groups excluding carboxylic acids is 3. The fraction of sp³-hybridized carbons (Fsp3) is 0.192. The molecule has 0 fully saturated rings. The minimum Gasteiger partial charge on any atom is -0.366 e. The number of nitrogens with zero attached hydrogens (tertiary/aromatic N) is 1. The summed E-state index contributed by atoms with van der Waals surface area (Å²) in [6.07, 6.45) is 7.05. The lowest BCUT2D eigenvalue weighted by Gasteiger charge is -2.10. The van der Waals surface area contributed by atoms with Crippen LogP contribution in [0, 0.1) is 0 Å². The summed E-state index contributed by atoms with van der Waals surface area (Å²) < 4.78 is 0. The molecule has 0 aliphatic rings. The number of hydrogen-bond acceptors (Lipinski definition) is 4. The van der Waals surface area contributed by atoms with E-state index < -0.39 is 5.91 Å². The average Bonchev–Trinajstić information content (AvgIpc) is 2.79. The minimum absolute atomic E-state index is 0.152. The quantitative estimate of drug-likeness (QED) is 0.461. The molecule has 2 aromatic carbocycles. The molecular weight excluding hydrogens is 416 g/mol. The van der Waals surface area contributed by atoms with Gasteiger partial charge in [0.25, 0.3) is 5.91 Å². The highest BCUT2D eigenvalue weighted by Crippen LogP contribution is 2.12. The molecule has 3 amide bonds. The zero-order valence-corrected chi connectivity index (χ0v) is 19.0. The smallest absolute Gasteiger partial charge is 0.251 e. The van der Waals surface area contributed by atoms with Gasteiger partial charge in [0.05, 0.1) is 0 Å². The van der Waals surface area contributed by atoms with Crippen molar-refractivity contribution in [2.24, 2.45) is 5.73 Å². The molecule has 0 heterocycles. The van der Waals surface area contributed by atoms with Crippen LogP contribution in [0.2, 0.25) is 0 Å². The highest BCUT2D eigenvalue weighted by Gasteiger charge is 2.08. The van der Waals surface area contributed by atoms with Crippen LogP contribution in [-0.2, 0) is 11.3 Å². The number of nitrogens with one attached hydrogen (secondary N) is 2. The third-order valence-corrected chi connectivity index (χ3v) is 4.62. The first-order valence-corrected chi connectivity index (χ1v) is 10.5. The van der Waals surface area contributed by atoms with Gasteiger partial charge in [0, 0.05) is 36.3 Å². The minimum atomic E-state index is -0.551. The maximum absolute atomic E-state index is 12.4. The maximum Gasteiger partial charge on any atom is 0.251 e. The first-order valence-electron chi connectivity index (χ1n) is 10.5. The van der Waals surface area contributed by atoms with Gasteiger partial charge in [-0.3, -0.25) is 14.4 Å². The first kappa shape index (κ1) is 25.3. The van der Waals surface area contributed by atoms with E-state index in [9.17, 15) is 14.4 Å². The summed E-state index contributed by atoms with van der Waals surface area (Å²) in [7, 11) is 4.00. The predicted molar refractivity (Wildman–Crippen MR) is 132 cm³/mol. The van der Waals surface area contributed by atoms with Crippen molar-refractivity contribution in [3.05, 3.63) is 102 Å². The largest absolute Gasteiger partial charge is 0.366 e. The summed E-state index contributed by atoms with van der Waals surface area (Å²) in [5, 5.41) is 5.68. The van der Waals surface area contributed by atoms with E-state index in [0.29, 0.717) is 11.1 Å². The molecule has 7 nitrogen and oxygen atoms in total. The highest BCUT2D eigenvalue weighted by molar-refractivity contribution is 5.97. The molecule has 33 heavy (non-hydrogen) atoms. The van der Waals surface area contributed by atoms with Crippen molar-refractivity contribution in [3.63, 3.8) is 0 Å². The molecule has 172 valence electrons. The van der Waals surface area contributed by atoms with E-state index in [2.05, 4.69) is 22.1 Å². The van der Waals surface area contributed by atoms with Crippen LogP contribution in [0.4, 0.5) is 5.69 Å². The average molecular weight is 447 g/mol. The van der Waals surface area contributed by atoms with Crippen molar-refractivity contribution >= 4 is 23.4 Å². The zero-order chi connectivity index (χ0) is 24.2. The van der Waals surface area contributed by atoms with Gasteiger partial charge in [-0.2, -0.15) is 0 Å². The van der Waals surface area contributed by atoms with Gasteiger partial charge in [0.15, 0.2) is 0 Å². The van der Waals surface area contributed by atoms with E-state index in [-0.39, 0.29) is 24.8 Å². The summed E-state index contributed by atoms with van der Waals surface area (Å²) in [5.41, 5.74) is 8.60. The molecule has 0 atom stereocenters. The van der Waals surface area contributed by atoms with Crippen LogP contribution >= 0.6 is 0 Å². The summed E-state index contributed by atoms with van der Waals surface area (Å²) in [6, 6.07) is 13.8. The fourth-order valence-corrected chi connectivity index (χ4v) is 2.96. The number of rotatable bonds is 11. The van der Waals surface area contributed by atoms with Crippen LogP contribution in [0.3, 0.4) is 0 Å². The van der Waals surface area contributed by atoms with Crippen molar-refractivity contribution < 1.29 is 14.4 Å². The van der Waals surface area contributed by atoms with Crippen LogP contribution in [0.5, 0.6) is 0 Å². The second-order valence-corrected chi connectivity index (χ2v) is 7.69. The van der Waals surface area contributed by atoms with Crippen molar-refractivity contribution in [2.75, 3.05) is 26.0 Å². The molecule has 0 saturated heterocycles. The van der Waals surface area contributed by atoms with Crippen LogP contribution in [0.25, 0.3) is 0 Å². The monoisotopic (exact) mass is 446 g/mol. The van der Waals surface area contributed by atoms with Gasteiger partial charge < -0.3 is 21.3 Å². The van der Waals surface area contributed by atoms with Crippen molar-refractivity contribution in [3.8, 4) is 0 Å². The highest BCUT2D eigenvalue weighted by atomic mass is 16.2. The third-order valence-electron chi connectivity index (χ3n) is 4.62. The Morgan fingerprint density at radius 3 is 2.21 bits per heavy atom. The molecule has 0 spiro atoms. The summed E-state index contributed by atoms with van der Waals surface area (Å²) >= 11 is 0. The van der Waals surface area contributed by atoms with E-state index in [4.69, 9.17) is 5.73 Å². The Morgan fingerprint density at radius 1 is 1.00 bits per heavy atom. The SMILES string of the molecule is C=C/C=C\C(=C/CC(=O)Nc1ccc(CN(C)C)cc1)CNC(=O)c1ccc(C(N)=O)cc1. The number of allylic oxidation sites excluding steroid dienone is 2. The zero-order valence-electron chi connectivity index (χ0n) is 19.0. The Kier molecular flexibility index (Phi) is 9.80. The van der Waals surface area contributed by atoms with Gasteiger partial charge in [0.1, 0.15) is 0 Å². The van der Waals surface area contributed by atoms with Crippen LogP contribution in [-0.4, -0.2) is 43.3 Å². The molecule has 0 aliphatic carbocycles. The van der Waals surface area contributed by atoms with E-state index in [0.717, 1.165) is 23.4 Å². The molecule has 0 aromatic heterocycles. The molecule has 0 aliphatic heterocycles. The Balaban J connectivity index is 1.95. The number of carbonyl (C=O) groups is 3. The lowest BCUT2D eigenvalue weighted by atomic mass is 10.1. The topological polar surface area (TPSA) is 105 Å². The molecular formula is C26H30N4O3. The van der Waals surface area contributed by atoms with Gasteiger partial charge in [-0.15, -0.1) is 0 Å². The standard InChI is InChI=1S/C26H30N4O3/c1-4-5-6-19(17-28-26(33)22-12-10-21(11-13-22)25(27)32)9-16-24(31)29-23-14-7-20(8-15-23)18-30(2)3/h4-15H,1,16-18H2,2-3H3,(H2,27,32)(H,28,33)(H,29,31)/b6-5-,19-9+. The molecule has 4 N–H and O–H groups in total. The lowest BCUT2D eigenvalue weighted by Crippen LogP contribution is -2.25. The summed E-state index contributed by atoms with van der Waals surface area (Å²) in [6.45, 7) is 4.71. The van der Waals surface area contributed by atoms with Crippen LogP contribution in [0.1, 0.15) is 32.7 Å². The maximum atomic E-state index is 12.4. The summed E-state index contributed by atoms with van der Waals surface area (Å²) in [4.78, 5) is 38.0. The molecule has 0 unspecified atom stereocenters. The third kappa shape index (κ3) is 8.96. The van der Waals surface area contributed by atoms with Gasteiger partial charge in [-0.25, -0.2) is 0 Å². The predicted octanol–water partition coefficient (Wildman–Crippen LogP) is 3.27. The Morgan fingerprint density at radius 2 is 1.64 bits per heavy atom. The van der Waals surface area contributed by atoms with Gasteiger partial charge in [-0.1, -0.05) is 43.0 Å². The number of nitrogens with two attached hydrogens (primary N) is 1. The van der Waals surface area contributed by atoms with Crippen LogP contribution < -0.4 is 16.4 Å². The number of anilines is 1. The van der Waals surface area contributed by atoms with Crippen molar-refractivity contribution in [1.82, 2.24) is 10.2 Å². The first-order chi connectivity index (χ1) is 15.8.